The Morgan fingerprint density at radius 3 is 2.62 bits per heavy atom. The number of ether oxygens (including phenoxy) is 2. The van der Waals surface area contributed by atoms with E-state index in [1.165, 1.54) is 12.3 Å². The summed E-state index contributed by atoms with van der Waals surface area (Å²) < 4.78 is 12.4. The third-order valence-corrected chi connectivity index (χ3v) is 4.99. The van der Waals surface area contributed by atoms with E-state index >= 15 is 0 Å². The molecule has 9 nitrogen and oxygen atoms in total. The molecule has 2 aromatic carbocycles. The molecule has 0 saturated carbocycles. The molecule has 0 radical (unpaired) electrons. The first kappa shape index (κ1) is 21.0. The monoisotopic (exact) mass is 434 g/mol. The van der Waals surface area contributed by atoms with E-state index in [4.69, 9.17) is 9.47 Å². The van der Waals surface area contributed by atoms with Gasteiger partial charge in [-0.25, -0.2) is 9.48 Å². The number of nitrogens with zero attached hydrogens (tertiary/aromatic N) is 2. The van der Waals surface area contributed by atoms with Crippen molar-refractivity contribution in [1.29, 1.82) is 0 Å². The standard InChI is InChI=1S/C23H22N4O5/c1-3-32-15-10-8-14(9-11-15)25-22(28)17-13-24-27-19(12-18(23(29)30)26-21(17)27)16-6-4-5-7-20(16)31-2/h4-13,19,26H,3H2,1-2H3,(H,25,28)(H,29,30). The fourth-order valence-corrected chi connectivity index (χ4v) is 3.52. The summed E-state index contributed by atoms with van der Waals surface area (Å²) in [5, 5.41) is 19.6. The Labute approximate surface area is 184 Å². The SMILES string of the molecule is CCOc1ccc(NC(=O)c2cnn3c2NC(C(=O)O)=CC3c2ccccc2OC)cc1. The predicted molar refractivity (Wildman–Crippen MR) is 118 cm³/mol. The van der Waals surface area contributed by atoms with Crippen LogP contribution in [0.4, 0.5) is 11.5 Å². The Kier molecular flexibility index (Phi) is 5.80. The van der Waals surface area contributed by atoms with Crippen LogP contribution in [-0.4, -0.2) is 40.5 Å². The molecule has 0 bridgehead atoms. The van der Waals surface area contributed by atoms with Crippen LogP contribution >= 0.6 is 0 Å². The van der Waals surface area contributed by atoms with E-state index < -0.39 is 17.9 Å². The number of carboxylic acid groups (broad SMARTS) is 1. The molecule has 1 unspecified atom stereocenters. The first-order chi connectivity index (χ1) is 15.5. The number of carbonyl (C=O) groups excluding carboxylic acids is 1. The molecular weight excluding hydrogens is 412 g/mol. The Hall–Kier alpha value is -4.27. The van der Waals surface area contributed by atoms with E-state index in [1.54, 1.807) is 42.1 Å². The van der Waals surface area contributed by atoms with Gasteiger partial charge in [0, 0.05) is 11.3 Å². The van der Waals surface area contributed by atoms with Crippen molar-refractivity contribution in [3.8, 4) is 11.5 Å². The minimum absolute atomic E-state index is 0.0518. The molecule has 1 aromatic heterocycles. The predicted octanol–water partition coefficient (Wildman–Crippen LogP) is 3.53. The first-order valence-electron chi connectivity index (χ1n) is 9.98. The minimum Gasteiger partial charge on any atom is -0.496 e. The minimum atomic E-state index is -1.14. The molecule has 0 saturated heterocycles. The van der Waals surface area contributed by atoms with Gasteiger partial charge in [0.15, 0.2) is 0 Å². The number of aromatic nitrogens is 2. The number of carbonyl (C=O) groups is 2. The number of amides is 1. The lowest BCUT2D eigenvalue weighted by Gasteiger charge is -2.25. The van der Waals surface area contributed by atoms with Crippen LogP contribution in [0.5, 0.6) is 11.5 Å². The third kappa shape index (κ3) is 4.00. The fourth-order valence-electron chi connectivity index (χ4n) is 3.52. The number of hydrogen-bond donors (Lipinski definition) is 3. The van der Waals surface area contributed by atoms with Crippen molar-refractivity contribution in [3.63, 3.8) is 0 Å². The maximum atomic E-state index is 13.0. The molecule has 164 valence electrons. The number of fused-ring (bicyclic) bond motifs is 1. The van der Waals surface area contributed by atoms with Crippen molar-refractivity contribution in [1.82, 2.24) is 9.78 Å². The molecular formula is C23H22N4O5. The van der Waals surface area contributed by atoms with Gasteiger partial charge in [0.2, 0.25) is 0 Å². The topological polar surface area (TPSA) is 115 Å². The first-order valence-corrected chi connectivity index (χ1v) is 9.98. The fraction of sp³-hybridized carbons (Fsp3) is 0.174. The quantitative estimate of drug-likeness (QED) is 0.521. The summed E-state index contributed by atoms with van der Waals surface area (Å²) in [6, 6.07) is 13.7. The molecule has 9 heteroatoms. The second-order valence-electron chi connectivity index (χ2n) is 6.96. The van der Waals surface area contributed by atoms with Crippen LogP contribution in [0.3, 0.4) is 0 Å². The van der Waals surface area contributed by atoms with E-state index in [2.05, 4.69) is 15.7 Å². The molecule has 0 spiro atoms. The highest BCUT2D eigenvalue weighted by Crippen LogP contribution is 2.36. The highest BCUT2D eigenvalue weighted by atomic mass is 16.5. The molecule has 1 aliphatic rings. The largest absolute Gasteiger partial charge is 0.496 e. The Bertz CT molecular complexity index is 1180. The van der Waals surface area contributed by atoms with Gasteiger partial charge in [-0.3, -0.25) is 4.79 Å². The van der Waals surface area contributed by atoms with Crippen LogP contribution in [0.15, 0.2) is 66.5 Å². The summed E-state index contributed by atoms with van der Waals surface area (Å²) in [6.07, 6.45) is 2.95. The maximum absolute atomic E-state index is 13.0. The zero-order valence-electron chi connectivity index (χ0n) is 17.5. The number of benzene rings is 2. The summed E-state index contributed by atoms with van der Waals surface area (Å²) in [7, 11) is 1.54. The van der Waals surface area contributed by atoms with Crippen molar-refractivity contribution >= 4 is 23.4 Å². The number of carboxylic acids is 1. The summed E-state index contributed by atoms with van der Waals surface area (Å²) in [5.41, 5.74) is 1.46. The van der Waals surface area contributed by atoms with Gasteiger partial charge in [0.05, 0.1) is 19.9 Å². The van der Waals surface area contributed by atoms with Crippen molar-refractivity contribution < 1.29 is 24.2 Å². The van der Waals surface area contributed by atoms with E-state index in [9.17, 15) is 14.7 Å². The molecule has 1 amide bonds. The van der Waals surface area contributed by atoms with Gasteiger partial charge in [-0.15, -0.1) is 0 Å². The average molecular weight is 434 g/mol. The second kappa shape index (κ2) is 8.84. The van der Waals surface area contributed by atoms with Gasteiger partial charge < -0.3 is 25.2 Å². The molecule has 2 heterocycles. The number of allylic oxidation sites excluding steroid dienone is 1. The highest BCUT2D eigenvalue weighted by Gasteiger charge is 2.30. The molecule has 1 atom stereocenters. The molecule has 3 aromatic rings. The van der Waals surface area contributed by atoms with Gasteiger partial charge in [0.1, 0.15) is 34.6 Å². The van der Waals surface area contributed by atoms with Gasteiger partial charge in [-0.05, 0) is 43.3 Å². The van der Waals surface area contributed by atoms with E-state index in [0.717, 1.165) is 5.56 Å². The molecule has 0 aliphatic carbocycles. The number of nitrogens with one attached hydrogen (secondary N) is 2. The van der Waals surface area contributed by atoms with Crippen LogP contribution in [0, 0.1) is 0 Å². The summed E-state index contributed by atoms with van der Waals surface area (Å²) >= 11 is 0. The number of para-hydroxylation sites is 1. The molecule has 32 heavy (non-hydrogen) atoms. The van der Waals surface area contributed by atoms with Crippen LogP contribution in [-0.2, 0) is 4.79 Å². The van der Waals surface area contributed by atoms with Gasteiger partial charge >= 0.3 is 5.97 Å². The zero-order chi connectivity index (χ0) is 22.7. The number of methoxy groups -OCH3 is 1. The molecule has 4 rings (SSSR count). The third-order valence-electron chi connectivity index (χ3n) is 4.99. The number of aliphatic carboxylic acids is 1. The maximum Gasteiger partial charge on any atom is 0.352 e. The van der Waals surface area contributed by atoms with Crippen LogP contribution in [0.2, 0.25) is 0 Å². The van der Waals surface area contributed by atoms with Gasteiger partial charge in [-0.1, -0.05) is 18.2 Å². The smallest absolute Gasteiger partial charge is 0.352 e. The van der Waals surface area contributed by atoms with Crippen molar-refractivity contribution in [3.05, 3.63) is 77.6 Å². The van der Waals surface area contributed by atoms with Crippen molar-refractivity contribution in [2.45, 2.75) is 13.0 Å². The summed E-state index contributed by atoms with van der Waals surface area (Å²) in [6.45, 7) is 2.44. The lowest BCUT2D eigenvalue weighted by atomic mass is 10.0. The summed E-state index contributed by atoms with van der Waals surface area (Å²) in [5.74, 6) is 0.000908. The molecule has 1 aliphatic heterocycles. The number of anilines is 2. The van der Waals surface area contributed by atoms with Gasteiger partial charge in [-0.2, -0.15) is 5.10 Å². The van der Waals surface area contributed by atoms with Gasteiger partial charge in [0.25, 0.3) is 5.91 Å². The van der Waals surface area contributed by atoms with E-state index in [-0.39, 0.29) is 17.1 Å². The van der Waals surface area contributed by atoms with E-state index in [1.807, 2.05) is 25.1 Å². The van der Waals surface area contributed by atoms with Crippen molar-refractivity contribution in [2.24, 2.45) is 0 Å². The normalized spacial score (nSPS) is 14.6. The average Bonchev–Trinajstić information content (AvgIpc) is 3.24. The lowest BCUT2D eigenvalue weighted by molar-refractivity contribution is -0.132. The molecule has 3 N–H and O–H groups in total. The second-order valence-corrected chi connectivity index (χ2v) is 6.96. The van der Waals surface area contributed by atoms with E-state index in [0.29, 0.717) is 23.8 Å². The zero-order valence-corrected chi connectivity index (χ0v) is 17.5. The summed E-state index contributed by atoms with van der Waals surface area (Å²) in [4.78, 5) is 24.7. The number of rotatable bonds is 7. The van der Waals surface area contributed by atoms with Crippen LogP contribution < -0.4 is 20.1 Å². The van der Waals surface area contributed by atoms with Crippen LogP contribution in [0.25, 0.3) is 0 Å². The Morgan fingerprint density at radius 1 is 1.19 bits per heavy atom. The Balaban J connectivity index is 1.67. The lowest BCUT2D eigenvalue weighted by Crippen LogP contribution is -2.26. The number of hydrogen-bond acceptors (Lipinski definition) is 6. The Morgan fingerprint density at radius 2 is 1.94 bits per heavy atom. The van der Waals surface area contributed by atoms with Crippen molar-refractivity contribution in [2.75, 3.05) is 24.4 Å². The molecule has 0 fully saturated rings. The highest BCUT2D eigenvalue weighted by molar-refractivity contribution is 6.08. The van der Waals surface area contributed by atoms with Crippen LogP contribution in [0.1, 0.15) is 28.9 Å².